The molecule has 0 radical (unpaired) electrons. The SMILES string of the molecule is CSc1ccccc1NC(=O)[C@@H](C)OC(=O)C1=NN([C@H]2CCS(=O)(=O)C2)C(=O)CC1. The first kappa shape index (κ1) is 22.3. The van der Waals surface area contributed by atoms with E-state index in [9.17, 15) is 22.8 Å². The number of carbonyl (C=O) groups is 3. The fraction of sp³-hybridized carbons (Fsp3) is 0.474. The van der Waals surface area contributed by atoms with Gasteiger partial charge in [0.1, 0.15) is 5.71 Å². The lowest BCUT2D eigenvalue weighted by Crippen LogP contribution is -2.42. The Kier molecular flexibility index (Phi) is 6.81. The molecule has 0 spiro atoms. The van der Waals surface area contributed by atoms with E-state index in [1.807, 2.05) is 18.4 Å². The number of nitrogens with zero attached hydrogens (tertiary/aromatic N) is 2. The van der Waals surface area contributed by atoms with Crippen LogP contribution in [0.5, 0.6) is 0 Å². The Morgan fingerprint density at radius 1 is 1.30 bits per heavy atom. The number of hydrazone groups is 1. The number of hydrogen-bond donors (Lipinski definition) is 1. The van der Waals surface area contributed by atoms with Crippen LogP contribution >= 0.6 is 11.8 Å². The number of amides is 2. The molecule has 2 heterocycles. The number of sulfone groups is 1. The van der Waals surface area contributed by atoms with Crippen LogP contribution in [0, 0.1) is 0 Å². The first-order chi connectivity index (χ1) is 14.2. The average Bonchev–Trinajstić information content (AvgIpc) is 3.08. The minimum atomic E-state index is -3.21. The van der Waals surface area contributed by atoms with Crippen LogP contribution in [-0.2, 0) is 29.0 Å². The summed E-state index contributed by atoms with van der Waals surface area (Å²) in [5.41, 5.74) is 0.621. The normalized spacial score (nSPS) is 21.7. The Labute approximate surface area is 179 Å². The molecule has 1 aromatic rings. The van der Waals surface area contributed by atoms with Gasteiger partial charge in [-0.25, -0.2) is 18.2 Å². The van der Waals surface area contributed by atoms with Gasteiger partial charge in [0.2, 0.25) is 5.91 Å². The van der Waals surface area contributed by atoms with Crippen molar-refractivity contribution in [1.82, 2.24) is 5.01 Å². The van der Waals surface area contributed by atoms with Crippen molar-refractivity contribution in [3.05, 3.63) is 24.3 Å². The lowest BCUT2D eigenvalue weighted by molar-refractivity contribution is -0.147. The molecule has 2 amide bonds. The van der Waals surface area contributed by atoms with E-state index in [1.54, 1.807) is 12.1 Å². The van der Waals surface area contributed by atoms with Gasteiger partial charge in [-0.05, 0) is 31.7 Å². The molecule has 2 aliphatic rings. The molecule has 11 heteroatoms. The summed E-state index contributed by atoms with van der Waals surface area (Å²) in [5, 5.41) is 7.88. The molecule has 9 nitrogen and oxygen atoms in total. The van der Waals surface area contributed by atoms with Crippen LogP contribution in [0.25, 0.3) is 0 Å². The fourth-order valence-electron chi connectivity index (χ4n) is 3.24. The maximum absolute atomic E-state index is 12.5. The van der Waals surface area contributed by atoms with Gasteiger partial charge >= 0.3 is 5.97 Å². The monoisotopic (exact) mass is 453 g/mol. The smallest absolute Gasteiger partial charge is 0.355 e. The summed E-state index contributed by atoms with van der Waals surface area (Å²) in [6.45, 7) is 1.45. The molecule has 2 aliphatic heterocycles. The van der Waals surface area contributed by atoms with Gasteiger partial charge in [-0.1, -0.05) is 12.1 Å². The van der Waals surface area contributed by atoms with Crippen molar-refractivity contribution in [2.75, 3.05) is 23.1 Å². The number of carbonyl (C=O) groups excluding carboxylic acids is 3. The van der Waals surface area contributed by atoms with Crippen LogP contribution in [0.4, 0.5) is 5.69 Å². The van der Waals surface area contributed by atoms with E-state index < -0.39 is 33.9 Å². The van der Waals surface area contributed by atoms with Crippen molar-refractivity contribution in [2.45, 2.75) is 43.2 Å². The summed E-state index contributed by atoms with van der Waals surface area (Å²) in [6.07, 6.45) is 1.21. The molecule has 0 unspecified atom stereocenters. The van der Waals surface area contributed by atoms with Crippen LogP contribution in [0.3, 0.4) is 0 Å². The van der Waals surface area contributed by atoms with E-state index in [2.05, 4.69) is 10.4 Å². The quantitative estimate of drug-likeness (QED) is 0.511. The summed E-state index contributed by atoms with van der Waals surface area (Å²) in [4.78, 5) is 38.0. The highest BCUT2D eigenvalue weighted by atomic mass is 32.2. The maximum Gasteiger partial charge on any atom is 0.355 e. The molecule has 1 N–H and O–H groups in total. The van der Waals surface area contributed by atoms with Gasteiger partial charge < -0.3 is 10.1 Å². The zero-order chi connectivity index (χ0) is 21.9. The number of anilines is 1. The Bertz CT molecular complexity index is 992. The number of thioether (sulfide) groups is 1. The minimum absolute atomic E-state index is 0.00284. The summed E-state index contributed by atoms with van der Waals surface area (Å²) >= 11 is 1.48. The van der Waals surface area contributed by atoms with E-state index in [-0.39, 0.29) is 42.4 Å². The van der Waals surface area contributed by atoms with Gasteiger partial charge in [-0.2, -0.15) is 5.10 Å². The topological polar surface area (TPSA) is 122 Å². The van der Waals surface area contributed by atoms with Crippen LogP contribution < -0.4 is 5.32 Å². The highest BCUT2D eigenvalue weighted by Gasteiger charge is 2.37. The van der Waals surface area contributed by atoms with E-state index in [0.29, 0.717) is 5.69 Å². The summed E-state index contributed by atoms with van der Waals surface area (Å²) < 4.78 is 28.6. The van der Waals surface area contributed by atoms with Crippen LogP contribution in [-0.4, -0.2) is 66.8 Å². The third kappa shape index (κ3) is 5.20. The molecular formula is C19H23N3O6S2. The molecule has 0 aromatic heterocycles. The van der Waals surface area contributed by atoms with Gasteiger partial charge in [-0.15, -0.1) is 11.8 Å². The third-order valence-corrected chi connectivity index (χ3v) is 7.41. The lowest BCUT2D eigenvalue weighted by Gasteiger charge is -2.27. The van der Waals surface area contributed by atoms with Crippen LogP contribution in [0.1, 0.15) is 26.2 Å². The number of hydrogen-bond acceptors (Lipinski definition) is 8. The van der Waals surface area contributed by atoms with Gasteiger partial charge in [0.25, 0.3) is 5.91 Å². The molecule has 0 saturated carbocycles. The van der Waals surface area contributed by atoms with E-state index in [1.165, 1.54) is 18.7 Å². The van der Waals surface area contributed by atoms with Gasteiger partial charge in [0, 0.05) is 17.7 Å². The van der Waals surface area contributed by atoms with Crippen molar-refractivity contribution in [2.24, 2.45) is 5.10 Å². The van der Waals surface area contributed by atoms with E-state index >= 15 is 0 Å². The van der Waals surface area contributed by atoms with E-state index in [0.717, 1.165) is 9.90 Å². The fourth-order valence-corrected chi connectivity index (χ4v) is 5.48. The van der Waals surface area contributed by atoms with Crippen LogP contribution in [0.15, 0.2) is 34.3 Å². The number of para-hydroxylation sites is 1. The predicted molar refractivity (Wildman–Crippen MR) is 113 cm³/mol. The van der Waals surface area contributed by atoms with Crippen molar-refractivity contribution in [3.63, 3.8) is 0 Å². The number of esters is 1. The molecule has 0 aliphatic carbocycles. The average molecular weight is 454 g/mol. The zero-order valence-electron chi connectivity index (χ0n) is 16.7. The molecule has 1 aromatic carbocycles. The lowest BCUT2D eigenvalue weighted by atomic mass is 10.1. The molecule has 1 saturated heterocycles. The first-order valence-electron chi connectivity index (χ1n) is 9.45. The predicted octanol–water partition coefficient (Wildman–Crippen LogP) is 1.44. The minimum Gasteiger partial charge on any atom is -0.448 e. The highest BCUT2D eigenvalue weighted by molar-refractivity contribution is 7.98. The second-order valence-corrected chi connectivity index (χ2v) is 10.2. The van der Waals surface area contributed by atoms with Crippen molar-refractivity contribution in [3.8, 4) is 0 Å². The van der Waals surface area contributed by atoms with Crippen LogP contribution in [0.2, 0.25) is 0 Å². The Morgan fingerprint density at radius 2 is 2.03 bits per heavy atom. The van der Waals surface area contributed by atoms with Gasteiger partial charge in [0.15, 0.2) is 15.9 Å². The molecule has 30 heavy (non-hydrogen) atoms. The number of benzene rings is 1. The Hall–Kier alpha value is -2.40. The first-order valence-corrected chi connectivity index (χ1v) is 12.5. The summed E-state index contributed by atoms with van der Waals surface area (Å²) in [5.74, 6) is -1.79. The second kappa shape index (κ2) is 9.17. The molecule has 3 rings (SSSR count). The third-order valence-electron chi connectivity index (χ3n) is 4.87. The standard InChI is InChI=1S/C19H23N3O6S2/c1-12(18(24)20-14-5-3-4-6-16(14)29-2)28-19(25)15-7-8-17(23)22(21-15)13-9-10-30(26,27)11-13/h3-6,12-13H,7-11H2,1-2H3,(H,20,24)/t12-,13+/m1/s1. The molecule has 0 bridgehead atoms. The Balaban J connectivity index is 1.65. The largest absolute Gasteiger partial charge is 0.448 e. The zero-order valence-corrected chi connectivity index (χ0v) is 18.3. The molecule has 162 valence electrons. The molecule has 1 fully saturated rings. The number of nitrogens with one attached hydrogen (secondary N) is 1. The van der Waals surface area contributed by atoms with E-state index in [4.69, 9.17) is 4.74 Å². The Morgan fingerprint density at radius 3 is 2.70 bits per heavy atom. The highest BCUT2D eigenvalue weighted by Crippen LogP contribution is 2.25. The van der Waals surface area contributed by atoms with Crippen molar-refractivity contribution < 1.29 is 27.5 Å². The van der Waals surface area contributed by atoms with Crippen molar-refractivity contribution in [1.29, 1.82) is 0 Å². The molecule has 2 atom stereocenters. The number of rotatable bonds is 6. The molecular weight excluding hydrogens is 430 g/mol. The second-order valence-electron chi connectivity index (χ2n) is 7.08. The van der Waals surface area contributed by atoms with Gasteiger partial charge in [0.05, 0.1) is 23.2 Å². The summed E-state index contributed by atoms with van der Waals surface area (Å²) in [6, 6.07) is 6.69. The van der Waals surface area contributed by atoms with Gasteiger partial charge in [-0.3, -0.25) is 9.59 Å². The maximum atomic E-state index is 12.5. The number of ether oxygens (including phenoxy) is 1. The summed E-state index contributed by atoms with van der Waals surface area (Å²) in [7, 11) is -3.21. The van der Waals surface area contributed by atoms with Crippen molar-refractivity contribution >= 4 is 50.8 Å².